The van der Waals surface area contributed by atoms with Gasteiger partial charge < -0.3 is 19.4 Å². The van der Waals surface area contributed by atoms with Crippen LogP contribution in [-0.4, -0.2) is 33.5 Å². The van der Waals surface area contributed by atoms with Gasteiger partial charge >= 0.3 is 15.6 Å². The average molecular weight is 458 g/mol. The molecule has 1 aliphatic rings. The van der Waals surface area contributed by atoms with Gasteiger partial charge in [-0.3, -0.25) is 4.52 Å². The van der Waals surface area contributed by atoms with E-state index in [-0.39, 0.29) is 12.2 Å². The molecule has 1 rings (SSSR count). The van der Waals surface area contributed by atoms with Crippen molar-refractivity contribution in [1.29, 1.82) is 0 Å². The minimum atomic E-state index is -5.03. The lowest BCUT2D eigenvalue weighted by Gasteiger charge is -2.12. The second-order valence-corrected chi connectivity index (χ2v) is 10.9. The lowest BCUT2D eigenvalue weighted by atomic mass is 9.98. The van der Waals surface area contributed by atoms with Crippen molar-refractivity contribution in [3.63, 3.8) is 0 Å². The molecule has 10 heteroatoms. The molecule has 0 spiro atoms. The van der Waals surface area contributed by atoms with Crippen molar-refractivity contribution >= 4 is 15.6 Å². The minimum Gasteiger partial charge on any atom is -0.370 e. The number of phosphoric acid groups is 2. The first kappa shape index (κ1) is 27.3. The summed E-state index contributed by atoms with van der Waals surface area (Å²) in [6.07, 6.45) is 17.6. The number of unbranched alkanes of at least 4 members (excludes halogenated alkanes) is 12. The molecule has 0 saturated carbocycles. The molecule has 1 heterocycles. The molecule has 0 amide bonds. The maximum Gasteiger partial charge on any atom is 0.481 e. The minimum absolute atomic E-state index is 0.0553. The Morgan fingerprint density at radius 3 is 1.59 bits per heavy atom. The second kappa shape index (κ2) is 14.3. The summed E-state index contributed by atoms with van der Waals surface area (Å²) in [6.45, 7) is 3.13. The monoisotopic (exact) mass is 458 g/mol. The SMILES string of the molecule is CCC1(CCCCCCCCCCCCCCCOP(=O)(O)OP(=O)(O)O)CO1. The van der Waals surface area contributed by atoms with Crippen LogP contribution in [0, 0.1) is 0 Å². The molecule has 0 bridgehead atoms. The summed E-state index contributed by atoms with van der Waals surface area (Å²) in [4.78, 5) is 26.1. The van der Waals surface area contributed by atoms with Crippen LogP contribution in [0.15, 0.2) is 0 Å². The molecule has 1 saturated heterocycles. The molecule has 0 aliphatic carbocycles. The summed E-state index contributed by atoms with van der Waals surface area (Å²) in [5.74, 6) is 0. The third-order valence-electron chi connectivity index (χ3n) is 5.44. The van der Waals surface area contributed by atoms with Crippen LogP contribution < -0.4 is 0 Å². The van der Waals surface area contributed by atoms with Gasteiger partial charge in [0.05, 0.1) is 18.8 Å². The van der Waals surface area contributed by atoms with Gasteiger partial charge in [0.25, 0.3) is 0 Å². The van der Waals surface area contributed by atoms with Crippen LogP contribution >= 0.6 is 15.6 Å². The number of ether oxygens (including phenoxy) is 1. The summed E-state index contributed by atoms with van der Waals surface area (Å²) in [6, 6.07) is 0. The molecule has 0 radical (unpaired) electrons. The van der Waals surface area contributed by atoms with Crippen LogP contribution in [0.3, 0.4) is 0 Å². The summed E-state index contributed by atoms with van der Waals surface area (Å²) >= 11 is 0. The maximum atomic E-state index is 11.2. The zero-order valence-corrected chi connectivity index (χ0v) is 19.6. The molecular formula is C19H40O8P2. The molecule has 1 aliphatic heterocycles. The van der Waals surface area contributed by atoms with Gasteiger partial charge in [0.1, 0.15) is 0 Å². The van der Waals surface area contributed by atoms with Crippen molar-refractivity contribution in [3.8, 4) is 0 Å². The van der Waals surface area contributed by atoms with Crippen molar-refractivity contribution in [1.82, 2.24) is 0 Å². The highest BCUT2D eigenvalue weighted by Gasteiger charge is 2.41. The van der Waals surface area contributed by atoms with Gasteiger partial charge in [-0.1, -0.05) is 84.0 Å². The largest absolute Gasteiger partial charge is 0.481 e. The van der Waals surface area contributed by atoms with E-state index in [1.54, 1.807) is 0 Å². The number of rotatable bonds is 20. The van der Waals surface area contributed by atoms with E-state index in [1.807, 2.05) is 0 Å². The quantitative estimate of drug-likeness (QED) is 0.118. The lowest BCUT2D eigenvalue weighted by molar-refractivity contribution is 0.175. The van der Waals surface area contributed by atoms with Gasteiger partial charge in [0.2, 0.25) is 0 Å². The summed E-state index contributed by atoms with van der Waals surface area (Å²) in [7, 11) is -9.70. The van der Waals surface area contributed by atoms with E-state index in [9.17, 15) is 9.13 Å². The molecule has 29 heavy (non-hydrogen) atoms. The Balaban J connectivity index is 1.77. The van der Waals surface area contributed by atoms with Gasteiger partial charge in [0.15, 0.2) is 0 Å². The van der Waals surface area contributed by atoms with Gasteiger partial charge in [-0.2, -0.15) is 4.31 Å². The normalized spacial score (nSPS) is 21.2. The van der Waals surface area contributed by atoms with E-state index in [0.29, 0.717) is 6.42 Å². The van der Waals surface area contributed by atoms with E-state index >= 15 is 0 Å². The molecule has 8 nitrogen and oxygen atoms in total. The van der Waals surface area contributed by atoms with Crippen molar-refractivity contribution in [2.75, 3.05) is 13.2 Å². The van der Waals surface area contributed by atoms with Crippen LogP contribution in [0.5, 0.6) is 0 Å². The Labute approximate surface area is 175 Å². The lowest BCUT2D eigenvalue weighted by Crippen LogP contribution is -2.08. The number of hydrogen-bond acceptors (Lipinski definition) is 5. The fraction of sp³-hybridized carbons (Fsp3) is 1.00. The molecule has 0 aromatic rings. The first-order valence-corrected chi connectivity index (χ1v) is 14.1. The number of phosphoric ester groups is 1. The van der Waals surface area contributed by atoms with Gasteiger partial charge in [-0.05, 0) is 19.3 Å². The highest BCUT2D eigenvalue weighted by Crippen LogP contribution is 2.57. The van der Waals surface area contributed by atoms with Gasteiger partial charge in [-0.15, -0.1) is 0 Å². The predicted molar refractivity (Wildman–Crippen MR) is 113 cm³/mol. The topological polar surface area (TPSA) is 126 Å². The fourth-order valence-electron chi connectivity index (χ4n) is 3.46. The van der Waals surface area contributed by atoms with E-state index in [4.69, 9.17) is 19.4 Å². The molecule has 1 fully saturated rings. The van der Waals surface area contributed by atoms with Crippen molar-refractivity contribution < 1.29 is 37.4 Å². The van der Waals surface area contributed by atoms with Crippen LogP contribution in [0.4, 0.5) is 0 Å². The summed E-state index contributed by atoms with van der Waals surface area (Å²) in [5.41, 5.74) is 0.258. The maximum absolute atomic E-state index is 11.2. The molecule has 2 atom stereocenters. The Bertz CT molecular complexity index is 518. The summed E-state index contributed by atoms with van der Waals surface area (Å²) in [5, 5.41) is 0. The van der Waals surface area contributed by atoms with Crippen molar-refractivity contribution in [3.05, 3.63) is 0 Å². The summed E-state index contributed by atoms with van der Waals surface area (Å²) < 4.78 is 35.5. The van der Waals surface area contributed by atoms with E-state index in [1.165, 1.54) is 64.2 Å². The molecule has 174 valence electrons. The van der Waals surface area contributed by atoms with Crippen LogP contribution in [0.2, 0.25) is 0 Å². The predicted octanol–water partition coefficient (Wildman–Crippen LogP) is 5.85. The zero-order valence-electron chi connectivity index (χ0n) is 17.8. The van der Waals surface area contributed by atoms with Crippen molar-refractivity contribution in [2.24, 2.45) is 0 Å². The van der Waals surface area contributed by atoms with Crippen LogP contribution in [0.25, 0.3) is 0 Å². The zero-order chi connectivity index (χ0) is 21.6. The van der Waals surface area contributed by atoms with Gasteiger partial charge in [0, 0.05) is 0 Å². The standard InChI is InChI=1S/C19H40O8P2/c1-2-19(18-25-19)16-14-12-10-8-6-4-3-5-7-9-11-13-15-17-26-29(23,24)27-28(20,21)22/h2-18H2,1H3,(H,23,24)(H2,20,21,22). The molecule has 0 aromatic carbocycles. The third kappa shape index (κ3) is 15.6. The van der Waals surface area contributed by atoms with Crippen LogP contribution in [-0.2, 0) is 22.7 Å². The Morgan fingerprint density at radius 2 is 1.21 bits per heavy atom. The molecule has 3 N–H and O–H groups in total. The highest BCUT2D eigenvalue weighted by molar-refractivity contribution is 7.60. The molecule has 0 aromatic heterocycles. The van der Waals surface area contributed by atoms with Crippen LogP contribution in [0.1, 0.15) is 103 Å². The van der Waals surface area contributed by atoms with E-state index in [0.717, 1.165) is 32.3 Å². The van der Waals surface area contributed by atoms with Gasteiger partial charge in [-0.25, -0.2) is 9.13 Å². The Kier molecular flexibility index (Phi) is 13.5. The molecule has 2 unspecified atom stereocenters. The van der Waals surface area contributed by atoms with Crippen molar-refractivity contribution in [2.45, 2.75) is 109 Å². The average Bonchev–Trinajstić information content (AvgIpc) is 3.39. The Morgan fingerprint density at radius 1 is 0.793 bits per heavy atom. The van der Waals surface area contributed by atoms with E-state index in [2.05, 4.69) is 15.8 Å². The van der Waals surface area contributed by atoms with E-state index < -0.39 is 15.6 Å². The number of epoxide rings is 1. The first-order valence-electron chi connectivity index (χ1n) is 11.1. The second-order valence-electron chi connectivity index (χ2n) is 8.05. The third-order valence-corrected chi connectivity index (χ3v) is 7.62. The molecular weight excluding hydrogens is 418 g/mol. The smallest absolute Gasteiger partial charge is 0.370 e. The Hall–Kier alpha value is 0.220. The highest BCUT2D eigenvalue weighted by atomic mass is 31.3. The number of hydrogen-bond donors (Lipinski definition) is 3. The first-order chi connectivity index (χ1) is 13.7. The fourth-order valence-corrected chi connectivity index (χ4v) is 5.08.